The molecule has 25 heavy (non-hydrogen) atoms. The number of nitriles is 1. The lowest BCUT2D eigenvalue weighted by Crippen LogP contribution is -2.34. The second-order valence-electron chi connectivity index (χ2n) is 5.41. The first-order valence-corrected chi connectivity index (χ1v) is 8.68. The van der Waals surface area contributed by atoms with E-state index in [1.807, 2.05) is 19.9 Å². The highest BCUT2D eigenvalue weighted by atomic mass is 79.9. The summed E-state index contributed by atoms with van der Waals surface area (Å²) in [7, 11) is 0. The molecule has 2 aromatic carbocycles. The number of thiocarbonyl (C=S) groups is 1. The van der Waals surface area contributed by atoms with Crippen molar-refractivity contribution in [1.29, 1.82) is 5.26 Å². The molecule has 5 nitrogen and oxygen atoms in total. The van der Waals surface area contributed by atoms with E-state index in [0.717, 1.165) is 0 Å². The Morgan fingerprint density at radius 1 is 1.24 bits per heavy atom. The van der Waals surface area contributed by atoms with Crippen molar-refractivity contribution in [2.45, 2.75) is 20.0 Å². The van der Waals surface area contributed by atoms with Crippen LogP contribution < -0.4 is 15.4 Å². The topological polar surface area (TPSA) is 74.2 Å². The van der Waals surface area contributed by atoms with Crippen LogP contribution in [0.3, 0.4) is 0 Å². The largest absolute Gasteiger partial charge is 0.490 e. The second-order valence-corrected chi connectivity index (χ2v) is 6.67. The van der Waals surface area contributed by atoms with Crippen molar-refractivity contribution >= 4 is 44.9 Å². The maximum atomic E-state index is 12.3. The van der Waals surface area contributed by atoms with Gasteiger partial charge in [-0.25, -0.2) is 0 Å². The SMILES string of the molecule is CC(C)Oc1ccc(C(=O)NC(=S)Nc2ccc(C#N)cc2)cc1Br. The highest BCUT2D eigenvalue weighted by Crippen LogP contribution is 2.27. The molecule has 0 unspecified atom stereocenters. The van der Waals surface area contributed by atoms with Crippen LogP contribution in [-0.2, 0) is 0 Å². The maximum absolute atomic E-state index is 12.3. The number of carbonyl (C=O) groups is 1. The van der Waals surface area contributed by atoms with Gasteiger partial charge in [0.25, 0.3) is 5.91 Å². The zero-order valence-electron chi connectivity index (χ0n) is 13.7. The number of amides is 1. The molecule has 128 valence electrons. The molecule has 1 amide bonds. The van der Waals surface area contributed by atoms with Crippen molar-refractivity contribution in [2.75, 3.05) is 5.32 Å². The molecule has 0 aromatic heterocycles. The lowest BCUT2D eigenvalue weighted by molar-refractivity contribution is 0.0977. The number of ether oxygens (including phenoxy) is 1. The van der Waals surface area contributed by atoms with E-state index in [1.165, 1.54) is 0 Å². The van der Waals surface area contributed by atoms with Crippen molar-refractivity contribution in [2.24, 2.45) is 0 Å². The van der Waals surface area contributed by atoms with E-state index in [4.69, 9.17) is 22.2 Å². The summed E-state index contributed by atoms with van der Waals surface area (Å²) in [6, 6.07) is 13.9. The molecule has 0 saturated heterocycles. The molecule has 0 aliphatic heterocycles. The Morgan fingerprint density at radius 3 is 2.48 bits per heavy atom. The minimum atomic E-state index is -0.331. The van der Waals surface area contributed by atoms with E-state index in [2.05, 4.69) is 26.6 Å². The van der Waals surface area contributed by atoms with Gasteiger partial charge in [0.05, 0.1) is 22.2 Å². The molecule has 0 radical (unpaired) electrons. The van der Waals surface area contributed by atoms with Crippen LogP contribution in [0.25, 0.3) is 0 Å². The van der Waals surface area contributed by atoms with Crippen LogP contribution in [0, 0.1) is 11.3 Å². The zero-order valence-corrected chi connectivity index (χ0v) is 16.1. The van der Waals surface area contributed by atoms with Crippen molar-refractivity contribution in [1.82, 2.24) is 5.32 Å². The molecule has 2 N–H and O–H groups in total. The molecule has 2 rings (SSSR count). The number of carbonyl (C=O) groups excluding carboxylic acids is 1. The molecule has 0 heterocycles. The van der Waals surface area contributed by atoms with E-state index < -0.39 is 0 Å². The van der Waals surface area contributed by atoms with Crippen molar-refractivity contribution in [3.8, 4) is 11.8 Å². The number of hydrogen-bond donors (Lipinski definition) is 2. The quantitative estimate of drug-likeness (QED) is 0.727. The minimum absolute atomic E-state index is 0.0418. The Labute approximate surface area is 160 Å². The van der Waals surface area contributed by atoms with Crippen LogP contribution in [0.2, 0.25) is 0 Å². The molecule has 0 aliphatic carbocycles. The fraction of sp³-hybridized carbons (Fsp3) is 0.167. The van der Waals surface area contributed by atoms with Gasteiger partial charge in [0.1, 0.15) is 5.75 Å². The standard InChI is InChI=1S/C18H16BrN3O2S/c1-11(2)24-16-8-5-13(9-15(16)19)17(23)22-18(25)21-14-6-3-12(10-20)4-7-14/h3-9,11H,1-2H3,(H2,21,22,23,25). The molecule has 0 spiro atoms. The van der Waals surface area contributed by atoms with Gasteiger partial charge in [-0.1, -0.05) is 0 Å². The second kappa shape index (κ2) is 8.60. The summed E-state index contributed by atoms with van der Waals surface area (Å²) in [5.74, 6) is 0.341. The highest BCUT2D eigenvalue weighted by Gasteiger charge is 2.11. The van der Waals surface area contributed by atoms with Gasteiger partial charge in [-0.05, 0) is 84.5 Å². The summed E-state index contributed by atoms with van der Waals surface area (Å²) < 4.78 is 6.31. The average molecular weight is 418 g/mol. The van der Waals surface area contributed by atoms with Crippen LogP contribution in [0.1, 0.15) is 29.8 Å². The lowest BCUT2D eigenvalue weighted by atomic mass is 10.2. The van der Waals surface area contributed by atoms with Crippen LogP contribution in [-0.4, -0.2) is 17.1 Å². The van der Waals surface area contributed by atoms with Crippen molar-refractivity contribution in [3.63, 3.8) is 0 Å². The fourth-order valence-electron chi connectivity index (χ4n) is 1.96. The van der Waals surface area contributed by atoms with Crippen LogP contribution in [0.15, 0.2) is 46.9 Å². The first-order valence-electron chi connectivity index (χ1n) is 7.47. The number of benzene rings is 2. The summed E-state index contributed by atoms with van der Waals surface area (Å²) in [5.41, 5.74) is 1.69. The summed E-state index contributed by atoms with van der Waals surface area (Å²) in [5, 5.41) is 14.5. The third kappa shape index (κ3) is 5.55. The normalized spacial score (nSPS) is 10.0. The number of nitrogens with zero attached hydrogens (tertiary/aromatic N) is 1. The predicted molar refractivity (Wildman–Crippen MR) is 105 cm³/mol. The van der Waals surface area contributed by atoms with E-state index in [0.29, 0.717) is 27.0 Å². The molecule has 0 fully saturated rings. The van der Waals surface area contributed by atoms with E-state index >= 15 is 0 Å². The smallest absolute Gasteiger partial charge is 0.257 e. The molecule has 0 saturated carbocycles. The van der Waals surface area contributed by atoms with Crippen LogP contribution in [0.5, 0.6) is 5.75 Å². The summed E-state index contributed by atoms with van der Waals surface area (Å²) in [6.45, 7) is 3.86. The third-order valence-electron chi connectivity index (χ3n) is 3.06. The Bertz CT molecular complexity index is 829. The fourth-order valence-corrected chi connectivity index (χ4v) is 2.64. The van der Waals surface area contributed by atoms with E-state index in [-0.39, 0.29) is 17.1 Å². The van der Waals surface area contributed by atoms with E-state index in [1.54, 1.807) is 42.5 Å². The van der Waals surface area contributed by atoms with Gasteiger partial charge in [-0.3, -0.25) is 10.1 Å². The first-order chi connectivity index (χ1) is 11.9. The molecule has 2 aromatic rings. The molecule has 0 atom stereocenters. The predicted octanol–water partition coefficient (Wildman–Crippen LogP) is 4.23. The Morgan fingerprint density at radius 2 is 1.92 bits per heavy atom. The van der Waals surface area contributed by atoms with Gasteiger partial charge in [0, 0.05) is 11.3 Å². The van der Waals surface area contributed by atoms with Crippen molar-refractivity contribution < 1.29 is 9.53 Å². The van der Waals surface area contributed by atoms with Gasteiger partial charge >= 0.3 is 0 Å². The van der Waals surface area contributed by atoms with Crippen LogP contribution >= 0.6 is 28.1 Å². The molecule has 0 aliphatic rings. The monoisotopic (exact) mass is 417 g/mol. The summed E-state index contributed by atoms with van der Waals surface area (Å²) >= 11 is 8.54. The molecular weight excluding hydrogens is 402 g/mol. The molecule has 0 bridgehead atoms. The number of anilines is 1. The Hall–Kier alpha value is -2.43. The van der Waals surface area contributed by atoms with Gasteiger partial charge in [-0.2, -0.15) is 5.26 Å². The third-order valence-corrected chi connectivity index (χ3v) is 3.88. The Balaban J connectivity index is 1.99. The zero-order chi connectivity index (χ0) is 18.4. The summed E-state index contributed by atoms with van der Waals surface area (Å²) in [6.07, 6.45) is 0.0418. The van der Waals surface area contributed by atoms with Gasteiger partial charge < -0.3 is 10.1 Å². The van der Waals surface area contributed by atoms with Crippen LogP contribution in [0.4, 0.5) is 5.69 Å². The highest BCUT2D eigenvalue weighted by molar-refractivity contribution is 9.10. The summed E-state index contributed by atoms with van der Waals surface area (Å²) in [4.78, 5) is 12.3. The number of halogens is 1. The maximum Gasteiger partial charge on any atom is 0.257 e. The number of nitrogens with one attached hydrogen (secondary N) is 2. The average Bonchev–Trinajstić information content (AvgIpc) is 2.56. The minimum Gasteiger partial charge on any atom is -0.490 e. The first kappa shape index (κ1) is 18.9. The molecular formula is C18H16BrN3O2S. The van der Waals surface area contributed by atoms with Gasteiger partial charge in [-0.15, -0.1) is 0 Å². The number of hydrogen-bond acceptors (Lipinski definition) is 4. The van der Waals surface area contributed by atoms with Gasteiger partial charge in [0.15, 0.2) is 5.11 Å². The number of rotatable bonds is 4. The Kier molecular flexibility index (Phi) is 6.51. The van der Waals surface area contributed by atoms with Crippen molar-refractivity contribution in [3.05, 3.63) is 58.1 Å². The van der Waals surface area contributed by atoms with Gasteiger partial charge in [0.2, 0.25) is 0 Å². The molecule has 7 heteroatoms. The lowest BCUT2D eigenvalue weighted by Gasteiger charge is -2.13. The van der Waals surface area contributed by atoms with E-state index in [9.17, 15) is 4.79 Å².